The molecule has 0 aliphatic carbocycles. The smallest absolute Gasteiger partial charge is 0.123 e. The summed E-state index contributed by atoms with van der Waals surface area (Å²) >= 11 is 0. The minimum Gasteiger partial charge on any atom is -0.493 e. The van der Waals surface area contributed by atoms with E-state index in [1.807, 2.05) is 0 Å². The molecule has 1 unspecified atom stereocenters. The quantitative estimate of drug-likeness (QED) is 0.839. The van der Waals surface area contributed by atoms with Crippen LogP contribution < -0.4 is 10.1 Å². The first-order valence-electron chi connectivity index (χ1n) is 9.16. The molecule has 0 saturated carbocycles. The summed E-state index contributed by atoms with van der Waals surface area (Å²) in [5, 5.41) is 3.49. The molecular weight excluding hydrogens is 282 g/mol. The Morgan fingerprint density at radius 2 is 1.83 bits per heavy atom. The Hall–Kier alpha value is -1.02. The maximum atomic E-state index is 6.21. The maximum absolute atomic E-state index is 6.21. The van der Waals surface area contributed by atoms with Gasteiger partial charge in [-0.2, -0.15) is 0 Å². The van der Waals surface area contributed by atoms with Crippen molar-refractivity contribution in [2.24, 2.45) is 5.92 Å². The van der Waals surface area contributed by atoms with Crippen molar-refractivity contribution in [2.75, 3.05) is 19.7 Å². The number of benzene rings is 1. The molecule has 0 spiro atoms. The standard InChI is InChI=1S/C21H35NO/c1-20(2,3)17-9-10-19(18(14-17)21(4,5)6)23-13-11-16-8-7-12-22-15-16/h9-10,14,16,22H,7-8,11-13,15H2,1-6H3. The van der Waals surface area contributed by atoms with Crippen molar-refractivity contribution in [2.45, 2.75) is 71.6 Å². The number of piperidine rings is 1. The van der Waals surface area contributed by atoms with E-state index in [9.17, 15) is 0 Å². The second-order valence-electron chi connectivity index (χ2n) is 9.06. The maximum Gasteiger partial charge on any atom is 0.123 e. The summed E-state index contributed by atoms with van der Waals surface area (Å²) in [5.41, 5.74) is 2.98. The summed E-state index contributed by atoms with van der Waals surface area (Å²) in [6.07, 6.45) is 3.79. The van der Waals surface area contributed by atoms with Crippen molar-refractivity contribution in [3.05, 3.63) is 29.3 Å². The molecule has 2 nitrogen and oxygen atoms in total. The summed E-state index contributed by atoms with van der Waals surface area (Å²) in [7, 11) is 0. The Kier molecular flexibility index (Phi) is 5.78. The first kappa shape index (κ1) is 18.3. The number of hydrogen-bond donors (Lipinski definition) is 1. The molecule has 1 N–H and O–H groups in total. The summed E-state index contributed by atoms with van der Waals surface area (Å²) in [4.78, 5) is 0. The van der Waals surface area contributed by atoms with Gasteiger partial charge in [-0.25, -0.2) is 0 Å². The van der Waals surface area contributed by atoms with Gasteiger partial charge in [0.1, 0.15) is 5.75 Å². The van der Waals surface area contributed by atoms with E-state index in [-0.39, 0.29) is 10.8 Å². The van der Waals surface area contributed by atoms with Gasteiger partial charge in [0, 0.05) is 0 Å². The Morgan fingerprint density at radius 1 is 1.09 bits per heavy atom. The third kappa shape index (κ3) is 5.24. The lowest BCUT2D eigenvalue weighted by Gasteiger charge is -2.28. The van der Waals surface area contributed by atoms with Crippen LogP contribution in [0.1, 0.15) is 71.9 Å². The Labute approximate surface area is 143 Å². The zero-order valence-corrected chi connectivity index (χ0v) is 16.0. The molecule has 130 valence electrons. The third-order valence-corrected chi connectivity index (χ3v) is 4.84. The van der Waals surface area contributed by atoms with Crippen LogP contribution in [0.5, 0.6) is 5.75 Å². The second-order valence-corrected chi connectivity index (χ2v) is 9.06. The summed E-state index contributed by atoms with van der Waals surface area (Å²) in [5.74, 6) is 1.84. The molecule has 1 aromatic carbocycles. The van der Waals surface area contributed by atoms with Gasteiger partial charge in [-0.1, -0.05) is 53.7 Å². The highest BCUT2D eigenvalue weighted by molar-refractivity contribution is 5.43. The lowest BCUT2D eigenvalue weighted by molar-refractivity contribution is 0.250. The van der Waals surface area contributed by atoms with Crippen LogP contribution in [-0.2, 0) is 10.8 Å². The van der Waals surface area contributed by atoms with Crippen LogP contribution in [-0.4, -0.2) is 19.7 Å². The van der Waals surface area contributed by atoms with E-state index in [1.54, 1.807) is 0 Å². The first-order valence-corrected chi connectivity index (χ1v) is 9.16. The lowest BCUT2D eigenvalue weighted by atomic mass is 9.80. The fourth-order valence-electron chi connectivity index (χ4n) is 3.21. The molecular formula is C21H35NO. The molecule has 2 heteroatoms. The second kappa shape index (κ2) is 7.25. The van der Waals surface area contributed by atoms with E-state index in [1.165, 1.54) is 30.5 Å². The molecule has 1 aromatic rings. The number of nitrogens with one attached hydrogen (secondary N) is 1. The van der Waals surface area contributed by atoms with Crippen molar-refractivity contribution in [3.63, 3.8) is 0 Å². The van der Waals surface area contributed by atoms with Gasteiger partial charge in [-0.15, -0.1) is 0 Å². The summed E-state index contributed by atoms with van der Waals surface area (Å²) in [6.45, 7) is 16.8. The highest BCUT2D eigenvalue weighted by atomic mass is 16.5. The predicted molar refractivity (Wildman–Crippen MR) is 99.5 cm³/mol. The molecule has 1 saturated heterocycles. The van der Waals surface area contributed by atoms with Gasteiger partial charge in [0.2, 0.25) is 0 Å². The van der Waals surface area contributed by atoms with Crippen LogP contribution in [0, 0.1) is 5.92 Å². The van der Waals surface area contributed by atoms with E-state index in [4.69, 9.17) is 4.74 Å². The Bertz CT molecular complexity index is 502. The van der Waals surface area contributed by atoms with Gasteiger partial charge >= 0.3 is 0 Å². The molecule has 1 heterocycles. The highest BCUT2D eigenvalue weighted by Crippen LogP contribution is 2.35. The van der Waals surface area contributed by atoms with E-state index >= 15 is 0 Å². The van der Waals surface area contributed by atoms with Crippen LogP contribution in [0.25, 0.3) is 0 Å². The molecule has 0 aromatic heterocycles. The van der Waals surface area contributed by atoms with Gasteiger partial charge in [-0.3, -0.25) is 0 Å². The zero-order chi connectivity index (χ0) is 17.1. The highest BCUT2D eigenvalue weighted by Gasteiger charge is 2.23. The van der Waals surface area contributed by atoms with Crippen molar-refractivity contribution in [1.82, 2.24) is 5.32 Å². The summed E-state index contributed by atoms with van der Waals surface area (Å²) in [6, 6.07) is 6.75. The van der Waals surface area contributed by atoms with Crippen LogP contribution in [0.3, 0.4) is 0 Å². The van der Waals surface area contributed by atoms with Gasteiger partial charge in [0.15, 0.2) is 0 Å². The fraction of sp³-hybridized carbons (Fsp3) is 0.714. The Balaban J connectivity index is 2.07. The minimum absolute atomic E-state index is 0.100. The molecule has 1 aliphatic rings. The van der Waals surface area contributed by atoms with Crippen LogP contribution >= 0.6 is 0 Å². The van der Waals surface area contributed by atoms with Gasteiger partial charge < -0.3 is 10.1 Å². The molecule has 1 atom stereocenters. The topological polar surface area (TPSA) is 21.3 Å². The van der Waals surface area contributed by atoms with Crippen LogP contribution in [0.2, 0.25) is 0 Å². The number of ether oxygens (including phenoxy) is 1. The molecule has 23 heavy (non-hydrogen) atoms. The monoisotopic (exact) mass is 317 g/mol. The molecule has 1 aliphatic heterocycles. The zero-order valence-electron chi connectivity index (χ0n) is 16.0. The van der Waals surface area contributed by atoms with Crippen molar-refractivity contribution in [3.8, 4) is 5.75 Å². The molecule has 2 rings (SSSR count). The third-order valence-electron chi connectivity index (χ3n) is 4.84. The largest absolute Gasteiger partial charge is 0.493 e. The Morgan fingerprint density at radius 3 is 2.39 bits per heavy atom. The summed E-state index contributed by atoms with van der Waals surface area (Å²) < 4.78 is 6.21. The van der Waals surface area contributed by atoms with E-state index in [0.29, 0.717) is 0 Å². The molecule has 1 fully saturated rings. The average Bonchev–Trinajstić information content (AvgIpc) is 2.46. The lowest BCUT2D eigenvalue weighted by Crippen LogP contribution is -2.30. The molecule has 0 amide bonds. The molecule has 0 radical (unpaired) electrons. The van der Waals surface area contributed by atoms with Crippen LogP contribution in [0.15, 0.2) is 18.2 Å². The predicted octanol–water partition coefficient (Wildman–Crippen LogP) is 5.05. The van der Waals surface area contributed by atoms with Crippen molar-refractivity contribution in [1.29, 1.82) is 0 Å². The average molecular weight is 318 g/mol. The van der Waals surface area contributed by atoms with Crippen LogP contribution in [0.4, 0.5) is 0 Å². The van der Waals surface area contributed by atoms with Crippen molar-refractivity contribution >= 4 is 0 Å². The van der Waals surface area contributed by atoms with E-state index in [0.717, 1.165) is 31.2 Å². The van der Waals surface area contributed by atoms with Crippen molar-refractivity contribution < 1.29 is 4.74 Å². The van der Waals surface area contributed by atoms with E-state index in [2.05, 4.69) is 65.1 Å². The van der Waals surface area contributed by atoms with Gasteiger partial charge in [0.05, 0.1) is 6.61 Å². The fourth-order valence-corrected chi connectivity index (χ4v) is 3.21. The minimum atomic E-state index is 0.100. The van der Waals surface area contributed by atoms with E-state index < -0.39 is 0 Å². The molecule has 0 bridgehead atoms. The van der Waals surface area contributed by atoms with Gasteiger partial charge in [-0.05, 0) is 66.3 Å². The SMILES string of the molecule is CC(C)(C)c1ccc(OCCC2CCCNC2)c(C(C)(C)C)c1. The number of rotatable bonds is 4. The normalized spacial score (nSPS) is 19.7. The number of hydrogen-bond acceptors (Lipinski definition) is 2. The first-order chi connectivity index (χ1) is 10.7. The van der Waals surface area contributed by atoms with Gasteiger partial charge in [0.25, 0.3) is 0 Å².